The zero-order valence-corrected chi connectivity index (χ0v) is 22.1. The van der Waals surface area contributed by atoms with Crippen molar-refractivity contribution in [3.63, 3.8) is 0 Å². The van der Waals surface area contributed by atoms with Crippen LogP contribution in [0.4, 0.5) is 19.0 Å². The van der Waals surface area contributed by atoms with Crippen LogP contribution in [0.1, 0.15) is 36.3 Å². The summed E-state index contributed by atoms with van der Waals surface area (Å²) in [6.07, 6.45) is -0.656. The third-order valence-corrected chi connectivity index (χ3v) is 7.38. The topological polar surface area (TPSA) is 123 Å². The summed E-state index contributed by atoms with van der Waals surface area (Å²) in [5.41, 5.74) is 6.67. The molecule has 1 atom stereocenters. The number of fused-ring (bicyclic) bond motifs is 2. The van der Waals surface area contributed by atoms with Gasteiger partial charge in [-0.3, -0.25) is 0 Å². The van der Waals surface area contributed by atoms with Crippen LogP contribution in [0.25, 0.3) is 38.6 Å². The van der Waals surface area contributed by atoms with Crippen LogP contribution in [0, 0.1) is 0 Å². The lowest BCUT2D eigenvalue weighted by atomic mass is 9.92. The van der Waals surface area contributed by atoms with Crippen molar-refractivity contribution in [2.75, 3.05) is 25.9 Å². The predicted octanol–water partition coefficient (Wildman–Crippen LogP) is 5.23. The Morgan fingerprint density at radius 3 is 2.59 bits per heavy atom. The average molecular weight is 563 g/mol. The van der Waals surface area contributed by atoms with Crippen LogP contribution in [-0.4, -0.2) is 49.9 Å². The molecule has 5 aromatic rings. The number of aromatic hydroxyl groups is 1. The van der Waals surface area contributed by atoms with Crippen molar-refractivity contribution < 1.29 is 22.7 Å². The van der Waals surface area contributed by atoms with E-state index in [-0.39, 0.29) is 28.1 Å². The van der Waals surface area contributed by atoms with Crippen molar-refractivity contribution >= 4 is 33.2 Å². The second-order valence-corrected chi connectivity index (χ2v) is 10.1. The molecule has 0 spiro atoms. The molecule has 1 aliphatic rings. The summed E-state index contributed by atoms with van der Waals surface area (Å²) in [5.74, 6) is -0.249. The highest BCUT2D eigenvalue weighted by Gasteiger charge is 2.33. The van der Waals surface area contributed by atoms with E-state index in [0.29, 0.717) is 23.8 Å². The van der Waals surface area contributed by atoms with Gasteiger partial charge in [-0.05, 0) is 55.6 Å². The van der Waals surface area contributed by atoms with Gasteiger partial charge in [0.2, 0.25) is 0 Å². The van der Waals surface area contributed by atoms with Crippen molar-refractivity contribution in [2.45, 2.75) is 25.6 Å². The minimum atomic E-state index is -4.70. The van der Waals surface area contributed by atoms with Crippen LogP contribution in [0.2, 0.25) is 0 Å². The number of benzene rings is 2. The molecule has 9 nitrogen and oxygen atoms in total. The van der Waals surface area contributed by atoms with Gasteiger partial charge in [-0.25, -0.2) is 19.4 Å². The van der Waals surface area contributed by atoms with Gasteiger partial charge in [0.15, 0.2) is 5.65 Å². The Balaban J connectivity index is 1.61. The molecule has 1 unspecified atom stereocenters. The third kappa shape index (κ3) is 4.59. The normalized spacial score (nSPS) is 15.4. The number of nitrogen functional groups attached to an aromatic ring is 1. The first-order valence-electron chi connectivity index (χ1n) is 12.9. The first kappa shape index (κ1) is 26.5. The van der Waals surface area contributed by atoms with Gasteiger partial charge in [0.05, 0.1) is 16.3 Å². The minimum absolute atomic E-state index is 0.00133. The van der Waals surface area contributed by atoms with Crippen molar-refractivity contribution in [2.24, 2.45) is 0 Å². The molecule has 3 N–H and O–H groups in total. The maximum Gasteiger partial charge on any atom is 0.416 e. The van der Waals surface area contributed by atoms with Gasteiger partial charge in [-0.2, -0.15) is 18.3 Å². The van der Waals surface area contributed by atoms with Crippen LogP contribution in [0.5, 0.6) is 5.75 Å². The van der Waals surface area contributed by atoms with E-state index >= 15 is 0 Å². The molecule has 0 amide bonds. The van der Waals surface area contributed by atoms with Crippen molar-refractivity contribution in [3.8, 4) is 17.0 Å². The van der Waals surface area contributed by atoms with Gasteiger partial charge in [-0.15, -0.1) is 0 Å². The lowest BCUT2D eigenvalue weighted by molar-refractivity contribution is -0.137. The highest BCUT2D eigenvalue weighted by molar-refractivity contribution is 5.99. The number of hydrogen-bond donors (Lipinski definition) is 2. The number of nitrogens with zero attached hydrogens (tertiary/aromatic N) is 5. The average Bonchev–Trinajstić information content (AvgIpc) is 3.34. The highest BCUT2D eigenvalue weighted by atomic mass is 19.4. The van der Waals surface area contributed by atoms with Crippen LogP contribution in [0.3, 0.4) is 0 Å². The summed E-state index contributed by atoms with van der Waals surface area (Å²) in [7, 11) is 2.02. The molecule has 4 heterocycles. The first-order valence-corrected chi connectivity index (χ1v) is 12.9. The van der Waals surface area contributed by atoms with Crippen LogP contribution in [0.15, 0.2) is 64.1 Å². The number of halogens is 3. The van der Waals surface area contributed by atoms with Crippen molar-refractivity contribution in [3.05, 3.63) is 82.2 Å². The second-order valence-electron chi connectivity index (χ2n) is 10.1. The van der Waals surface area contributed by atoms with E-state index in [0.717, 1.165) is 35.6 Å². The SMILES string of the molecule is CC(c1oc(=O)c2ccccc2c1C1=CCN(C)CC1)n1nc(-c2cc(O)cc(C(F)(F)F)c2)c2c(N)ncnc21. The second kappa shape index (κ2) is 9.73. The molecule has 0 radical (unpaired) electrons. The Kier molecular flexibility index (Phi) is 6.29. The van der Waals surface area contributed by atoms with Crippen LogP contribution < -0.4 is 11.4 Å². The molecule has 0 fully saturated rings. The molecule has 210 valence electrons. The number of anilines is 1. The quantitative estimate of drug-likeness (QED) is 0.305. The summed E-state index contributed by atoms with van der Waals surface area (Å²) < 4.78 is 48.2. The molecule has 12 heteroatoms. The molecule has 0 aliphatic carbocycles. The third-order valence-electron chi connectivity index (χ3n) is 7.38. The van der Waals surface area contributed by atoms with Gasteiger partial charge in [0.25, 0.3) is 0 Å². The maximum atomic E-state index is 13.6. The van der Waals surface area contributed by atoms with Crippen LogP contribution in [-0.2, 0) is 6.18 Å². The van der Waals surface area contributed by atoms with E-state index in [2.05, 4.69) is 26.0 Å². The number of aromatic nitrogens is 4. The molecule has 41 heavy (non-hydrogen) atoms. The summed E-state index contributed by atoms with van der Waals surface area (Å²) in [6.45, 7) is 3.29. The number of hydrogen-bond acceptors (Lipinski definition) is 8. The summed E-state index contributed by atoms with van der Waals surface area (Å²) in [6, 6.07) is 9.16. The first-order chi connectivity index (χ1) is 19.5. The molecule has 3 aromatic heterocycles. The fourth-order valence-corrected chi connectivity index (χ4v) is 5.33. The Bertz CT molecular complexity index is 1910. The van der Waals surface area contributed by atoms with Crippen molar-refractivity contribution in [1.82, 2.24) is 24.6 Å². The number of rotatable bonds is 4. The minimum Gasteiger partial charge on any atom is -0.508 e. The number of phenols is 1. The number of alkyl halides is 3. The molecule has 2 aromatic carbocycles. The van der Waals surface area contributed by atoms with E-state index in [9.17, 15) is 23.1 Å². The van der Waals surface area contributed by atoms with E-state index in [1.165, 1.54) is 17.1 Å². The van der Waals surface area contributed by atoms with Gasteiger partial charge in [0, 0.05) is 24.2 Å². The molecule has 0 bridgehead atoms. The standard InChI is InChI=1S/C29H25F3N6O3/c1-15(25-22(16-7-9-37(2)10-8-16)20-5-3-4-6-21(20)28(40)41-25)38-27-23(26(33)34-14-35-27)24(36-38)17-11-18(29(30,31)32)13-19(39)12-17/h3-7,11-15,39H,8-10H2,1-2H3,(H2,33,34,35). The number of likely N-dealkylation sites (N-methyl/N-ethyl adjacent to an activating group) is 1. The smallest absolute Gasteiger partial charge is 0.416 e. The summed E-state index contributed by atoms with van der Waals surface area (Å²) in [5, 5.41) is 16.1. The molecule has 0 saturated heterocycles. The molecule has 1 aliphatic heterocycles. The largest absolute Gasteiger partial charge is 0.508 e. The molecular formula is C29H25F3N6O3. The fourth-order valence-electron chi connectivity index (χ4n) is 5.33. The molecule has 6 rings (SSSR count). The fraction of sp³-hybridized carbons (Fsp3) is 0.241. The Morgan fingerprint density at radius 2 is 1.88 bits per heavy atom. The van der Waals surface area contributed by atoms with E-state index < -0.39 is 29.2 Å². The monoisotopic (exact) mass is 562 g/mol. The molecule has 0 saturated carbocycles. The Hall–Kier alpha value is -4.71. The van der Waals surface area contributed by atoms with Crippen molar-refractivity contribution in [1.29, 1.82) is 0 Å². The van der Waals surface area contributed by atoms with Gasteiger partial charge in [-0.1, -0.05) is 24.3 Å². The number of phenolic OH excluding ortho intramolecular Hbond substituents is 1. The van der Waals surface area contributed by atoms with Gasteiger partial charge >= 0.3 is 11.8 Å². The highest BCUT2D eigenvalue weighted by Crippen LogP contribution is 2.40. The van der Waals surface area contributed by atoms with Gasteiger partial charge in [0.1, 0.15) is 35.4 Å². The van der Waals surface area contributed by atoms with E-state index in [1.54, 1.807) is 19.1 Å². The van der Waals surface area contributed by atoms with E-state index in [1.807, 2.05) is 19.2 Å². The summed E-state index contributed by atoms with van der Waals surface area (Å²) >= 11 is 0. The lowest BCUT2D eigenvalue weighted by Crippen LogP contribution is -2.24. The Morgan fingerprint density at radius 1 is 1.12 bits per heavy atom. The maximum absolute atomic E-state index is 13.6. The zero-order valence-electron chi connectivity index (χ0n) is 22.1. The van der Waals surface area contributed by atoms with Gasteiger partial charge < -0.3 is 20.2 Å². The zero-order chi connectivity index (χ0) is 29.1. The van der Waals surface area contributed by atoms with Crippen LogP contribution >= 0.6 is 0 Å². The number of nitrogens with two attached hydrogens (primary N) is 1. The predicted molar refractivity (Wildman–Crippen MR) is 148 cm³/mol. The Labute approximate surface area is 231 Å². The molecular weight excluding hydrogens is 537 g/mol. The summed E-state index contributed by atoms with van der Waals surface area (Å²) in [4.78, 5) is 23.7. The van der Waals surface area contributed by atoms with E-state index in [4.69, 9.17) is 10.2 Å². The lowest BCUT2D eigenvalue weighted by Gasteiger charge is -2.25.